The largest absolute Gasteiger partial charge is 0.383 e. The van der Waals surface area contributed by atoms with Gasteiger partial charge >= 0.3 is 0 Å². The van der Waals surface area contributed by atoms with Gasteiger partial charge in [0.25, 0.3) is 0 Å². The minimum atomic E-state index is 0.616. The summed E-state index contributed by atoms with van der Waals surface area (Å²) in [6.07, 6.45) is 0. The Morgan fingerprint density at radius 2 is 1.90 bits per heavy atom. The predicted molar refractivity (Wildman–Crippen MR) is 86.4 cm³/mol. The monoisotopic (exact) mass is 297 g/mol. The van der Waals surface area contributed by atoms with E-state index in [0.717, 1.165) is 38.7 Å². The maximum absolute atomic E-state index is 5.57. The standard InChI is InChI=1S/C16H27NO2S/c1-14(2)13-19-10-11-20-16-6-4-15(5-7-16)12-17-8-9-18-3/h4-7,14,17H,8-13H2,1-3H3. The molecule has 1 rings (SSSR count). The lowest BCUT2D eigenvalue weighted by molar-refractivity contribution is 0.124. The first-order chi connectivity index (χ1) is 9.72. The maximum Gasteiger partial charge on any atom is 0.0587 e. The molecule has 1 aromatic carbocycles. The molecule has 0 radical (unpaired) electrons. The molecule has 0 unspecified atom stereocenters. The summed E-state index contributed by atoms with van der Waals surface area (Å²) in [6, 6.07) is 8.72. The molecule has 0 bridgehead atoms. The molecule has 0 atom stereocenters. The Bertz CT molecular complexity index is 341. The fourth-order valence-electron chi connectivity index (χ4n) is 1.65. The van der Waals surface area contributed by atoms with Crippen LogP contribution in [0.4, 0.5) is 0 Å². The number of ether oxygens (including phenoxy) is 2. The van der Waals surface area contributed by atoms with E-state index < -0.39 is 0 Å². The summed E-state index contributed by atoms with van der Waals surface area (Å²) in [5.41, 5.74) is 1.31. The van der Waals surface area contributed by atoms with Crippen LogP contribution in [0.3, 0.4) is 0 Å². The van der Waals surface area contributed by atoms with E-state index in [4.69, 9.17) is 9.47 Å². The van der Waals surface area contributed by atoms with Gasteiger partial charge in [-0.3, -0.25) is 0 Å². The van der Waals surface area contributed by atoms with Gasteiger partial charge in [0.2, 0.25) is 0 Å². The fraction of sp³-hybridized carbons (Fsp3) is 0.625. The summed E-state index contributed by atoms with van der Waals surface area (Å²) in [4.78, 5) is 1.30. The molecule has 0 fully saturated rings. The molecule has 0 saturated carbocycles. The van der Waals surface area contributed by atoms with Crippen LogP contribution >= 0.6 is 11.8 Å². The minimum absolute atomic E-state index is 0.616. The number of hydrogen-bond acceptors (Lipinski definition) is 4. The van der Waals surface area contributed by atoms with Crippen LogP contribution in [0.25, 0.3) is 0 Å². The van der Waals surface area contributed by atoms with Gasteiger partial charge in [0.05, 0.1) is 13.2 Å². The van der Waals surface area contributed by atoms with Crippen LogP contribution in [0.15, 0.2) is 29.2 Å². The van der Waals surface area contributed by atoms with Crippen LogP contribution in [0, 0.1) is 5.92 Å². The Morgan fingerprint density at radius 1 is 1.15 bits per heavy atom. The second-order valence-electron chi connectivity index (χ2n) is 5.13. The first kappa shape index (κ1) is 17.5. The third kappa shape index (κ3) is 8.59. The van der Waals surface area contributed by atoms with E-state index in [1.54, 1.807) is 7.11 Å². The third-order valence-corrected chi connectivity index (χ3v) is 3.66. The summed E-state index contributed by atoms with van der Waals surface area (Å²) in [7, 11) is 1.72. The summed E-state index contributed by atoms with van der Waals surface area (Å²) in [6.45, 7) is 8.56. The van der Waals surface area contributed by atoms with Crippen molar-refractivity contribution in [3.05, 3.63) is 29.8 Å². The molecule has 0 heterocycles. The average Bonchev–Trinajstić information content (AvgIpc) is 2.44. The Labute approximate surface area is 127 Å². The Morgan fingerprint density at radius 3 is 2.55 bits per heavy atom. The van der Waals surface area contributed by atoms with E-state index in [2.05, 4.69) is 43.4 Å². The van der Waals surface area contributed by atoms with Crippen molar-refractivity contribution in [2.75, 3.05) is 39.2 Å². The van der Waals surface area contributed by atoms with Gasteiger partial charge in [0.1, 0.15) is 0 Å². The van der Waals surface area contributed by atoms with Crippen molar-refractivity contribution in [1.29, 1.82) is 0 Å². The van der Waals surface area contributed by atoms with Crippen molar-refractivity contribution >= 4 is 11.8 Å². The molecule has 0 spiro atoms. The number of methoxy groups -OCH3 is 1. The van der Waals surface area contributed by atoms with Gasteiger partial charge in [-0.2, -0.15) is 0 Å². The smallest absolute Gasteiger partial charge is 0.0587 e. The second kappa shape index (κ2) is 11.1. The molecular formula is C16H27NO2S. The molecule has 0 aliphatic carbocycles. The van der Waals surface area contributed by atoms with E-state index in [1.165, 1.54) is 10.5 Å². The summed E-state index contributed by atoms with van der Waals surface area (Å²) in [5, 5.41) is 3.34. The quantitative estimate of drug-likeness (QED) is 0.502. The van der Waals surface area contributed by atoms with Crippen LogP contribution in [-0.4, -0.2) is 39.2 Å². The lowest BCUT2D eigenvalue weighted by Crippen LogP contribution is -2.18. The van der Waals surface area contributed by atoms with Crippen LogP contribution in [0.5, 0.6) is 0 Å². The molecule has 3 nitrogen and oxygen atoms in total. The molecule has 114 valence electrons. The van der Waals surface area contributed by atoms with E-state index in [9.17, 15) is 0 Å². The topological polar surface area (TPSA) is 30.5 Å². The normalized spacial score (nSPS) is 11.2. The van der Waals surface area contributed by atoms with Gasteiger partial charge in [-0.25, -0.2) is 0 Å². The lowest BCUT2D eigenvalue weighted by Gasteiger charge is -2.07. The van der Waals surface area contributed by atoms with Gasteiger partial charge in [-0.1, -0.05) is 26.0 Å². The zero-order chi connectivity index (χ0) is 14.6. The maximum atomic E-state index is 5.57. The highest BCUT2D eigenvalue weighted by Crippen LogP contribution is 2.18. The molecule has 0 aliphatic rings. The average molecular weight is 297 g/mol. The van der Waals surface area contributed by atoms with Crippen molar-refractivity contribution in [3.8, 4) is 0 Å². The van der Waals surface area contributed by atoms with Crippen molar-refractivity contribution in [3.63, 3.8) is 0 Å². The van der Waals surface area contributed by atoms with Crippen LogP contribution < -0.4 is 5.32 Å². The van der Waals surface area contributed by atoms with Crippen molar-refractivity contribution < 1.29 is 9.47 Å². The van der Waals surface area contributed by atoms with E-state index in [1.807, 2.05) is 11.8 Å². The zero-order valence-corrected chi connectivity index (χ0v) is 13.7. The first-order valence-electron chi connectivity index (χ1n) is 7.21. The summed E-state index contributed by atoms with van der Waals surface area (Å²) >= 11 is 1.85. The molecule has 1 N–H and O–H groups in total. The van der Waals surface area contributed by atoms with Gasteiger partial charge < -0.3 is 14.8 Å². The number of hydrogen-bond donors (Lipinski definition) is 1. The highest BCUT2D eigenvalue weighted by atomic mass is 32.2. The molecular weight excluding hydrogens is 270 g/mol. The van der Waals surface area contributed by atoms with Gasteiger partial charge in [-0.15, -0.1) is 11.8 Å². The fourth-order valence-corrected chi connectivity index (χ4v) is 2.41. The molecule has 0 aliphatic heterocycles. The van der Waals surface area contributed by atoms with E-state index in [-0.39, 0.29) is 0 Å². The summed E-state index contributed by atoms with van der Waals surface area (Å²) < 4.78 is 10.6. The molecule has 20 heavy (non-hydrogen) atoms. The molecule has 0 aromatic heterocycles. The molecule has 4 heteroatoms. The summed E-state index contributed by atoms with van der Waals surface area (Å²) in [5.74, 6) is 1.63. The number of nitrogens with one attached hydrogen (secondary N) is 1. The highest BCUT2D eigenvalue weighted by Gasteiger charge is 1.97. The van der Waals surface area contributed by atoms with E-state index in [0.29, 0.717) is 5.92 Å². The first-order valence-corrected chi connectivity index (χ1v) is 8.20. The van der Waals surface area contributed by atoms with Crippen molar-refractivity contribution in [1.82, 2.24) is 5.32 Å². The second-order valence-corrected chi connectivity index (χ2v) is 6.30. The Kier molecular flexibility index (Phi) is 9.75. The highest BCUT2D eigenvalue weighted by molar-refractivity contribution is 7.99. The van der Waals surface area contributed by atoms with Crippen molar-refractivity contribution in [2.45, 2.75) is 25.3 Å². The SMILES string of the molecule is COCCNCc1ccc(SCCOCC(C)C)cc1. The number of rotatable bonds is 11. The Balaban J connectivity index is 2.15. The van der Waals surface area contributed by atoms with Gasteiger partial charge in [0.15, 0.2) is 0 Å². The lowest BCUT2D eigenvalue weighted by atomic mass is 10.2. The molecule has 0 amide bonds. The predicted octanol–water partition coefficient (Wildman–Crippen LogP) is 3.19. The van der Waals surface area contributed by atoms with Gasteiger partial charge in [-0.05, 0) is 23.6 Å². The zero-order valence-electron chi connectivity index (χ0n) is 12.9. The number of benzene rings is 1. The van der Waals surface area contributed by atoms with Crippen LogP contribution in [0.1, 0.15) is 19.4 Å². The van der Waals surface area contributed by atoms with Crippen LogP contribution in [-0.2, 0) is 16.0 Å². The van der Waals surface area contributed by atoms with Gasteiger partial charge in [0, 0.05) is 37.5 Å². The third-order valence-electron chi connectivity index (χ3n) is 2.68. The van der Waals surface area contributed by atoms with E-state index >= 15 is 0 Å². The molecule has 1 aromatic rings. The minimum Gasteiger partial charge on any atom is -0.383 e. The molecule has 0 saturated heterocycles. The Hall–Kier alpha value is -0.550. The van der Waals surface area contributed by atoms with Crippen molar-refractivity contribution in [2.24, 2.45) is 5.92 Å². The van der Waals surface area contributed by atoms with Crippen LogP contribution in [0.2, 0.25) is 0 Å². The number of thioether (sulfide) groups is 1.